The highest BCUT2D eigenvalue weighted by molar-refractivity contribution is 5.94. The topological polar surface area (TPSA) is 69.3 Å². The normalized spacial score (nSPS) is 17.0. The number of rotatable bonds is 7. The number of nitrogens with one attached hydrogen (secondary N) is 1. The Kier molecular flexibility index (Phi) is 6.17. The molecule has 0 spiro atoms. The Hall–Kier alpha value is -2.77. The summed E-state index contributed by atoms with van der Waals surface area (Å²) in [4.78, 5) is 15.0. The third-order valence-corrected chi connectivity index (χ3v) is 5.15. The van der Waals surface area contributed by atoms with Gasteiger partial charge < -0.3 is 24.3 Å². The molecule has 2 aromatic rings. The Morgan fingerprint density at radius 3 is 2.62 bits per heavy atom. The summed E-state index contributed by atoms with van der Waals surface area (Å²) in [5, 5.41) is 3.08. The van der Waals surface area contributed by atoms with Gasteiger partial charge in [-0.15, -0.1) is 0 Å². The van der Waals surface area contributed by atoms with Crippen LogP contribution >= 0.6 is 0 Å². The van der Waals surface area contributed by atoms with E-state index in [9.17, 15) is 4.79 Å². The van der Waals surface area contributed by atoms with Crippen LogP contribution in [-0.2, 0) is 4.74 Å². The Bertz CT molecular complexity index is 834. The number of hydrogen-bond acceptors (Lipinski definition) is 6. The van der Waals surface area contributed by atoms with E-state index in [4.69, 9.17) is 18.9 Å². The Labute approximate surface area is 170 Å². The van der Waals surface area contributed by atoms with Crippen LogP contribution < -0.4 is 19.5 Å². The molecule has 0 bridgehead atoms. The van der Waals surface area contributed by atoms with Gasteiger partial charge in [0.1, 0.15) is 5.75 Å². The van der Waals surface area contributed by atoms with Gasteiger partial charge in [0.05, 0.1) is 25.9 Å². The number of fused-ring (bicyclic) bond motifs is 1. The van der Waals surface area contributed by atoms with E-state index >= 15 is 0 Å². The fourth-order valence-electron chi connectivity index (χ4n) is 3.63. The monoisotopic (exact) mass is 398 g/mol. The van der Waals surface area contributed by atoms with E-state index in [1.807, 2.05) is 37.3 Å². The van der Waals surface area contributed by atoms with Gasteiger partial charge in [-0.05, 0) is 48.9 Å². The number of ether oxygens (including phenoxy) is 4. The fourth-order valence-corrected chi connectivity index (χ4v) is 3.63. The minimum absolute atomic E-state index is 0.0278. The van der Waals surface area contributed by atoms with Gasteiger partial charge in [0.2, 0.25) is 6.79 Å². The molecular formula is C22H26N2O5. The molecule has 0 radical (unpaired) electrons. The highest BCUT2D eigenvalue weighted by atomic mass is 16.7. The molecule has 0 saturated carbocycles. The zero-order chi connectivity index (χ0) is 20.1. The van der Waals surface area contributed by atoms with Crippen molar-refractivity contribution in [1.29, 1.82) is 0 Å². The van der Waals surface area contributed by atoms with E-state index in [1.165, 1.54) is 0 Å². The maximum Gasteiger partial charge on any atom is 0.251 e. The van der Waals surface area contributed by atoms with Gasteiger partial charge >= 0.3 is 0 Å². The van der Waals surface area contributed by atoms with Gasteiger partial charge in [-0.1, -0.05) is 6.07 Å². The molecule has 1 saturated heterocycles. The van der Waals surface area contributed by atoms with Crippen molar-refractivity contribution in [3.05, 3.63) is 53.6 Å². The van der Waals surface area contributed by atoms with Crippen LogP contribution in [0.3, 0.4) is 0 Å². The van der Waals surface area contributed by atoms with Crippen LogP contribution in [0.15, 0.2) is 42.5 Å². The molecule has 0 unspecified atom stereocenters. The standard InChI is InChI=1S/C22H26N2O5/c1-2-27-18-6-3-16(4-7-18)22(25)23-14-19(24-9-11-26-12-10-24)17-5-8-20-21(13-17)29-15-28-20/h3-8,13,19H,2,9-12,14-15H2,1H3,(H,23,25)/t19-/m0/s1. The summed E-state index contributed by atoms with van der Waals surface area (Å²) in [6.45, 7) is 6.28. The van der Waals surface area contributed by atoms with Gasteiger partial charge in [0.25, 0.3) is 5.91 Å². The Balaban J connectivity index is 1.47. The van der Waals surface area contributed by atoms with Crippen molar-refractivity contribution >= 4 is 5.91 Å². The SMILES string of the molecule is CCOc1ccc(C(=O)NC[C@@H](c2ccc3c(c2)OCO3)N2CCOCC2)cc1. The zero-order valence-corrected chi connectivity index (χ0v) is 16.6. The predicted molar refractivity (Wildman–Crippen MR) is 108 cm³/mol. The maximum absolute atomic E-state index is 12.7. The summed E-state index contributed by atoms with van der Waals surface area (Å²) in [6.07, 6.45) is 0. The minimum Gasteiger partial charge on any atom is -0.494 e. The molecule has 1 amide bonds. The summed E-state index contributed by atoms with van der Waals surface area (Å²) < 4.78 is 21.9. The summed E-state index contributed by atoms with van der Waals surface area (Å²) >= 11 is 0. The van der Waals surface area contributed by atoms with Gasteiger partial charge in [0.15, 0.2) is 11.5 Å². The average Bonchev–Trinajstić information content (AvgIpc) is 3.23. The number of benzene rings is 2. The molecule has 2 aliphatic heterocycles. The number of morpholine rings is 1. The molecule has 4 rings (SSSR count). The molecular weight excluding hydrogens is 372 g/mol. The second-order valence-corrected chi connectivity index (χ2v) is 6.94. The third kappa shape index (κ3) is 4.63. The maximum atomic E-state index is 12.7. The van der Waals surface area contributed by atoms with Gasteiger partial charge in [-0.2, -0.15) is 0 Å². The van der Waals surface area contributed by atoms with E-state index in [0.717, 1.165) is 35.9 Å². The van der Waals surface area contributed by atoms with E-state index in [0.29, 0.717) is 31.9 Å². The summed E-state index contributed by atoms with van der Waals surface area (Å²) in [6, 6.07) is 13.2. The van der Waals surface area contributed by atoms with Crippen molar-refractivity contribution < 1.29 is 23.7 Å². The van der Waals surface area contributed by atoms with Crippen LogP contribution in [0.2, 0.25) is 0 Å². The lowest BCUT2D eigenvalue weighted by Crippen LogP contribution is -2.43. The number of amides is 1. The van der Waals surface area contributed by atoms with Gasteiger partial charge in [-0.25, -0.2) is 0 Å². The molecule has 154 valence electrons. The number of nitrogens with zero attached hydrogens (tertiary/aromatic N) is 1. The largest absolute Gasteiger partial charge is 0.494 e. The third-order valence-electron chi connectivity index (χ3n) is 5.15. The van der Waals surface area contributed by atoms with Crippen molar-refractivity contribution in [3.8, 4) is 17.2 Å². The van der Waals surface area contributed by atoms with Crippen molar-refractivity contribution in [2.24, 2.45) is 0 Å². The van der Waals surface area contributed by atoms with E-state index in [1.54, 1.807) is 12.1 Å². The molecule has 29 heavy (non-hydrogen) atoms. The molecule has 1 fully saturated rings. The number of hydrogen-bond donors (Lipinski definition) is 1. The molecule has 2 heterocycles. The summed E-state index contributed by atoms with van der Waals surface area (Å²) in [5.41, 5.74) is 1.70. The van der Waals surface area contributed by atoms with Crippen LogP contribution in [0.25, 0.3) is 0 Å². The summed E-state index contributed by atoms with van der Waals surface area (Å²) in [7, 11) is 0. The van der Waals surface area contributed by atoms with Crippen molar-refractivity contribution in [3.63, 3.8) is 0 Å². The molecule has 7 heteroatoms. The lowest BCUT2D eigenvalue weighted by Gasteiger charge is -2.35. The highest BCUT2D eigenvalue weighted by Gasteiger charge is 2.25. The summed E-state index contributed by atoms with van der Waals surface area (Å²) in [5.74, 6) is 2.16. The first-order valence-corrected chi connectivity index (χ1v) is 9.97. The van der Waals surface area contributed by atoms with Crippen LogP contribution in [0.1, 0.15) is 28.9 Å². The first-order chi connectivity index (χ1) is 14.2. The van der Waals surface area contributed by atoms with E-state index in [2.05, 4.69) is 10.2 Å². The predicted octanol–water partition coefficient (Wildman–Crippen LogP) is 2.62. The second kappa shape index (κ2) is 9.15. The lowest BCUT2D eigenvalue weighted by atomic mass is 10.0. The highest BCUT2D eigenvalue weighted by Crippen LogP contribution is 2.35. The van der Waals surface area contributed by atoms with Gasteiger partial charge in [-0.3, -0.25) is 9.69 Å². The van der Waals surface area contributed by atoms with Crippen molar-refractivity contribution in [2.45, 2.75) is 13.0 Å². The zero-order valence-electron chi connectivity index (χ0n) is 16.6. The first kappa shape index (κ1) is 19.5. The molecule has 7 nitrogen and oxygen atoms in total. The first-order valence-electron chi connectivity index (χ1n) is 9.97. The molecule has 0 aliphatic carbocycles. The second-order valence-electron chi connectivity index (χ2n) is 6.94. The van der Waals surface area contributed by atoms with Crippen molar-refractivity contribution in [2.75, 3.05) is 46.2 Å². The quantitative estimate of drug-likeness (QED) is 0.773. The smallest absolute Gasteiger partial charge is 0.251 e. The average molecular weight is 398 g/mol. The lowest BCUT2D eigenvalue weighted by molar-refractivity contribution is 0.0162. The van der Waals surface area contributed by atoms with Crippen LogP contribution in [0.5, 0.6) is 17.2 Å². The number of carbonyl (C=O) groups excluding carboxylic acids is 1. The minimum atomic E-state index is -0.105. The Morgan fingerprint density at radius 2 is 1.86 bits per heavy atom. The molecule has 1 atom stereocenters. The fraction of sp³-hybridized carbons (Fsp3) is 0.409. The van der Waals surface area contributed by atoms with Gasteiger partial charge in [0, 0.05) is 25.2 Å². The van der Waals surface area contributed by atoms with Crippen LogP contribution in [-0.4, -0.2) is 57.1 Å². The molecule has 1 N–H and O–H groups in total. The van der Waals surface area contributed by atoms with Crippen LogP contribution in [0.4, 0.5) is 0 Å². The molecule has 0 aromatic heterocycles. The van der Waals surface area contributed by atoms with Crippen LogP contribution in [0, 0.1) is 0 Å². The molecule has 2 aromatic carbocycles. The van der Waals surface area contributed by atoms with E-state index < -0.39 is 0 Å². The Morgan fingerprint density at radius 1 is 1.10 bits per heavy atom. The molecule has 2 aliphatic rings. The van der Waals surface area contributed by atoms with Crippen molar-refractivity contribution in [1.82, 2.24) is 10.2 Å². The number of carbonyl (C=O) groups is 1. The van der Waals surface area contributed by atoms with E-state index in [-0.39, 0.29) is 18.7 Å².